The maximum atomic E-state index is 10.7. The summed E-state index contributed by atoms with van der Waals surface area (Å²) in [6, 6.07) is 0. The fourth-order valence-electron chi connectivity index (χ4n) is 0.972. The van der Waals surface area contributed by atoms with E-state index in [9.17, 15) is 4.79 Å². The number of primary amides is 1. The molecule has 0 atom stereocenters. The van der Waals surface area contributed by atoms with Gasteiger partial charge in [0.1, 0.15) is 6.67 Å². The van der Waals surface area contributed by atoms with E-state index in [1.54, 1.807) is 11.1 Å². The van der Waals surface area contributed by atoms with E-state index >= 15 is 0 Å². The predicted molar refractivity (Wildman–Crippen MR) is 43.0 cm³/mol. The van der Waals surface area contributed by atoms with Gasteiger partial charge in [-0.2, -0.15) is 10.2 Å². The van der Waals surface area contributed by atoms with E-state index in [2.05, 4.69) is 15.6 Å². The zero-order chi connectivity index (χ0) is 8.55. The van der Waals surface area contributed by atoms with Gasteiger partial charge in [-0.05, 0) is 6.08 Å². The second-order valence-electron chi connectivity index (χ2n) is 2.39. The summed E-state index contributed by atoms with van der Waals surface area (Å²) in [6.07, 6.45) is 3.02. The number of hydrogen-bond acceptors (Lipinski definition) is 5. The van der Waals surface area contributed by atoms with E-state index in [-0.39, 0.29) is 0 Å². The molecule has 6 heteroatoms. The minimum atomic E-state index is -0.493. The third-order valence-corrected chi connectivity index (χ3v) is 1.58. The Labute approximate surface area is 68.4 Å². The molecule has 0 aromatic carbocycles. The molecule has 0 aliphatic carbocycles. The van der Waals surface area contributed by atoms with Crippen LogP contribution in [0.25, 0.3) is 0 Å². The average molecular weight is 165 g/mol. The van der Waals surface area contributed by atoms with Crippen molar-refractivity contribution in [1.82, 2.24) is 10.4 Å². The molecule has 0 saturated heterocycles. The maximum absolute atomic E-state index is 10.7. The number of hydrazone groups is 2. The van der Waals surface area contributed by atoms with Crippen LogP contribution in [0.5, 0.6) is 0 Å². The van der Waals surface area contributed by atoms with Crippen molar-refractivity contribution in [3.63, 3.8) is 0 Å². The summed E-state index contributed by atoms with van der Waals surface area (Å²) in [5, 5.41) is 9.46. The van der Waals surface area contributed by atoms with Crippen LogP contribution in [0.3, 0.4) is 0 Å². The van der Waals surface area contributed by atoms with Crippen molar-refractivity contribution in [3.05, 3.63) is 11.6 Å². The maximum Gasteiger partial charge on any atom is 0.250 e. The van der Waals surface area contributed by atoms with Crippen LogP contribution in [0.1, 0.15) is 0 Å². The topological polar surface area (TPSA) is 83.1 Å². The molecule has 0 unspecified atom stereocenters. The van der Waals surface area contributed by atoms with Gasteiger partial charge in [0.2, 0.25) is 5.91 Å². The molecular formula is C6H7N5O. The Hall–Kier alpha value is -1.85. The number of nitrogens with one attached hydrogen (secondary N) is 1. The zero-order valence-corrected chi connectivity index (χ0v) is 6.19. The van der Waals surface area contributed by atoms with Crippen molar-refractivity contribution in [2.24, 2.45) is 15.9 Å². The lowest BCUT2D eigenvalue weighted by atomic mass is 10.2. The van der Waals surface area contributed by atoms with Crippen LogP contribution in [0, 0.1) is 0 Å². The number of rotatable bonds is 1. The van der Waals surface area contributed by atoms with Crippen LogP contribution in [0.4, 0.5) is 0 Å². The van der Waals surface area contributed by atoms with E-state index in [1.807, 2.05) is 0 Å². The number of fused-ring (bicyclic) bond motifs is 1. The normalized spacial score (nSPS) is 19.5. The highest BCUT2D eigenvalue weighted by Crippen LogP contribution is 2.07. The van der Waals surface area contributed by atoms with Crippen LogP contribution < -0.4 is 11.2 Å². The highest BCUT2D eigenvalue weighted by atomic mass is 16.1. The number of amidine groups is 1. The summed E-state index contributed by atoms with van der Waals surface area (Å²) in [5.41, 5.74) is 8.15. The lowest BCUT2D eigenvalue weighted by Gasteiger charge is -2.13. The molecule has 2 aliphatic heterocycles. The summed E-state index contributed by atoms with van der Waals surface area (Å²) in [6.45, 7) is 0.536. The summed E-state index contributed by atoms with van der Waals surface area (Å²) in [5.74, 6) is 0.124. The smallest absolute Gasteiger partial charge is 0.250 e. The first-order valence-electron chi connectivity index (χ1n) is 3.41. The van der Waals surface area contributed by atoms with E-state index in [0.29, 0.717) is 18.1 Å². The van der Waals surface area contributed by atoms with Crippen molar-refractivity contribution >= 4 is 18.0 Å². The summed E-state index contributed by atoms with van der Waals surface area (Å²) < 4.78 is 0. The fraction of sp³-hybridized carbons (Fsp3) is 0.167. The first-order chi connectivity index (χ1) is 5.77. The molecule has 0 saturated carbocycles. The Morgan fingerprint density at radius 2 is 2.58 bits per heavy atom. The molecule has 3 N–H and O–H groups in total. The molecule has 2 aliphatic rings. The fourth-order valence-corrected chi connectivity index (χ4v) is 0.972. The molecule has 0 spiro atoms. The van der Waals surface area contributed by atoms with E-state index in [0.717, 1.165) is 0 Å². The van der Waals surface area contributed by atoms with Gasteiger partial charge in [-0.25, -0.2) is 5.01 Å². The van der Waals surface area contributed by atoms with Crippen LogP contribution in [0.15, 0.2) is 21.9 Å². The number of amides is 1. The second-order valence-corrected chi connectivity index (χ2v) is 2.39. The van der Waals surface area contributed by atoms with Gasteiger partial charge in [0.05, 0.1) is 11.8 Å². The first kappa shape index (κ1) is 6.84. The number of nitrogens with two attached hydrogens (primary N) is 1. The summed E-state index contributed by atoms with van der Waals surface area (Å²) in [4.78, 5) is 10.7. The van der Waals surface area contributed by atoms with Crippen LogP contribution in [-0.4, -0.2) is 29.6 Å². The van der Waals surface area contributed by atoms with Gasteiger partial charge in [-0.15, -0.1) is 0 Å². The number of carbonyl (C=O) groups is 1. The Balaban J connectivity index is 2.31. The van der Waals surface area contributed by atoms with Gasteiger partial charge >= 0.3 is 0 Å². The lowest BCUT2D eigenvalue weighted by Crippen LogP contribution is -2.28. The second kappa shape index (κ2) is 2.33. The molecule has 1 amide bonds. The molecule has 6 nitrogen and oxygen atoms in total. The van der Waals surface area contributed by atoms with Crippen molar-refractivity contribution in [2.75, 3.05) is 6.67 Å². The monoisotopic (exact) mass is 165 g/mol. The number of carbonyl (C=O) groups excluding carboxylic acids is 1. The van der Waals surface area contributed by atoms with Gasteiger partial charge in [0.15, 0.2) is 5.84 Å². The van der Waals surface area contributed by atoms with Gasteiger partial charge < -0.3 is 5.73 Å². The molecule has 0 radical (unpaired) electrons. The van der Waals surface area contributed by atoms with Gasteiger partial charge in [-0.1, -0.05) is 0 Å². The first-order valence-corrected chi connectivity index (χ1v) is 3.41. The van der Waals surface area contributed by atoms with E-state index in [1.165, 1.54) is 6.21 Å². The van der Waals surface area contributed by atoms with Crippen molar-refractivity contribution in [3.8, 4) is 0 Å². The molecule has 2 heterocycles. The number of nitrogens with zero attached hydrogens (tertiary/aromatic N) is 3. The Bertz CT molecular complexity index is 316. The van der Waals surface area contributed by atoms with Gasteiger partial charge in [0, 0.05) is 0 Å². The molecule has 62 valence electrons. The Morgan fingerprint density at radius 3 is 3.33 bits per heavy atom. The van der Waals surface area contributed by atoms with Crippen molar-refractivity contribution < 1.29 is 4.79 Å². The largest absolute Gasteiger partial charge is 0.366 e. The SMILES string of the molecule is NC(=O)C1=CC2=NNCN2N=C1. The van der Waals surface area contributed by atoms with Gasteiger partial charge in [-0.3, -0.25) is 10.2 Å². The minimum Gasteiger partial charge on any atom is -0.366 e. The molecule has 0 bridgehead atoms. The summed E-state index contributed by atoms with van der Waals surface area (Å²) in [7, 11) is 0. The lowest BCUT2D eigenvalue weighted by molar-refractivity contribution is -0.114. The highest BCUT2D eigenvalue weighted by Gasteiger charge is 2.19. The van der Waals surface area contributed by atoms with Crippen LogP contribution >= 0.6 is 0 Å². The molecule has 12 heavy (non-hydrogen) atoms. The third-order valence-electron chi connectivity index (χ3n) is 1.58. The van der Waals surface area contributed by atoms with Crippen molar-refractivity contribution in [2.45, 2.75) is 0 Å². The molecule has 0 fully saturated rings. The molecular weight excluding hydrogens is 158 g/mol. The van der Waals surface area contributed by atoms with E-state index in [4.69, 9.17) is 5.73 Å². The third kappa shape index (κ3) is 0.931. The van der Waals surface area contributed by atoms with Crippen molar-refractivity contribution in [1.29, 1.82) is 0 Å². The highest BCUT2D eigenvalue weighted by molar-refractivity contribution is 6.17. The predicted octanol–water partition coefficient (Wildman–Crippen LogP) is -1.43. The standard InChI is InChI=1S/C6H7N5O/c7-6(12)4-1-5-10-8-3-11(5)9-2-4/h1-2,8H,3H2,(H2,7,12). The minimum absolute atomic E-state index is 0.369. The molecule has 2 rings (SSSR count). The van der Waals surface area contributed by atoms with Crippen LogP contribution in [-0.2, 0) is 4.79 Å². The average Bonchev–Trinajstić information content (AvgIpc) is 2.49. The quantitative estimate of drug-likeness (QED) is 0.500. The molecule has 0 aromatic rings. The molecule has 0 aromatic heterocycles. The summed E-state index contributed by atoms with van der Waals surface area (Å²) >= 11 is 0. The zero-order valence-electron chi connectivity index (χ0n) is 6.19. The van der Waals surface area contributed by atoms with Crippen LogP contribution in [0.2, 0.25) is 0 Å². The number of hydrogen-bond donors (Lipinski definition) is 2. The Morgan fingerprint density at radius 1 is 1.75 bits per heavy atom. The Kier molecular flexibility index (Phi) is 1.33. The van der Waals surface area contributed by atoms with Gasteiger partial charge in [0.25, 0.3) is 0 Å². The van der Waals surface area contributed by atoms with E-state index < -0.39 is 5.91 Å².